The molecular weight excluding hydrogens is 226 g/mol. The van der Waals surface area contributed by atoms with Crippen LogP contribution in [0.15, 0.2) is 4.52 Å². The Morgan fingerprint density at radius 3 is 2.72 bits per heavy atom. The Bertz CT molecular complexity index is 384. The average Bonchev–Trinajstić information content (AvgIpc) is 2.89. The summed E-state index contributed by atoms with van der Waals surface area (Å²) in [5.74, 6) is 2.86. The average molecular weight is 249 g/mol. The van der Waals surface area contributed by atoms with Crippen LogP contribution in [0.3, 0.4) is 0 Å². The van der Waals surface area contributed by atoms with Crippen LogP contribution in [-0.4, -0.2) is 22.7 Å². The van der Waals surface area contributed by atoms with Crippen LogP contribution in [0.5, 0.6) is 0 Å². The normalized spacial score (nSPS) is 30.5. The first-order chi connectivity index (χ1) is 8.83. The molecule has 1 aliphatic carbocycles. The first-order valence-electron chi connectivity index (χ1n) is 7.40. The van der Waals surface area contributed by atoms with Gasteiger partial charge in [0.1, 0.15) is 0 Å². The van der Waals surface area contributed by atoms with Crippen molar-refractivity contribution in [1.29, 1.82) is 0 Å². The van der Waals surface area contributed by atoms with Crippen LogP contribution in [0.25, 0.3) is 0 Å². The van der Waals surface area contributed by atoms with E-state index in [1.165, 1.54) is 32.1 Å². The summed E-state index contributed by atoms with van der Waals surface area (Å²) in [6.07, 6.45) is 8.72. The molecule has 2 atom stereocenters. The lowest BCUT2D eigenvalue weighted by molar-refractivity contribution is 0.292. The van der Waals surface area contributed by atoms with E-state index in [1.807, 2.05) is 0 Å². The maximum absolute atomic E-state index is 5.52. The largest absolute Gasteiger partial charge is 0.339 e. The minimum absolute atomic E-state index is 0.464. The number of hydrogen-bond acceptors (Lipinski definition) is 4. The highest BCUT2D eigenvalue weighted by atomic mass is 16.5. The standard InChI is InChI=1S/C14H23N3O/c1-10-9-12(7-8-15-10)14-16-13(17-18-14)11-5-3-2-4-6-11/h10-12,15H,2-9H2,1H3/t10-,12-/m0/s1. The van der Waals surface area contributed by atoms with Gasteiger partial charge in [-0.25, -0.2) is 0 Å². The maximum atomic E-state index is 5.52. The van der Waals surface area contributed by atoms with Crippen molar-refractivity contribution in [2.24, 2.45) is 0 Å². The third kappa shape index (κ3) is 2.58. The fourth-order valence-electron chi connectivity index (χ4n) is 3.30. The highest BCUT2D eigenvalue weighted by molar-refractivity contribution is 5.02. The lowest BCUT2D eigenvalue weighted by Crippen LogP contribution is -2.34. The molecule has 0 aromatic carbocycles. The molecule has 18 heavy (non-hydrogen) atoms. The van der Waals surface area contributed by atoms with Crippen molar-refractivity contribution in [1.82, 2.24) is 15.5 Å². The smallest absolute Gasteiger partial charge is 0.229 e. The van der Waals surface area contributed by atoms with E-state index in [-0.39, 0.29) is 0 Å². The van der Waals surface area contributed by atoms with Crippen molar-refractivity contribution in [3.8, 4) is 0 Å². The molecule has 0 unspecified atom stereocenters. The van der Waals surface area contributed by atoms with Gasteiger partial charge in [-0.1, -0.05) is 24.4 Å². The van der Waals surface area contributed by atoms with Crippen molar-refractivity contribution < 1.29 is 4.52 Å². The van der Waals surface area contributed by atoms with Crippen LogP contribution < -0.4 is 5.32 Å². The summed E-state index contributed by atoms with van der Waals surface area (Å²) >= 11 is 0. The number of rotatable bonds is 2. The van der Waals surface area contributed by atoms with Gasteiger partial charge in [-0.3, -0.25) is 0 Å². The topological polar surface area (TPSA) is 51.0 Å². The van der Waals surface area contributed by atoms with Gasteiger partial charge in [0.05, 0.1) is 0 Å². The third-order valence-electron chi connectivity index (χ3n) is 4.40. The molecule has 1 N–H and O–H groups in total. The molecule has 0 spiro atoms. The van der Waals surface area contributed by atoms with Crippen molar-refractivity contribution in [3.63, 3.8) is 0 Å². The molecule has 3 rings (SSSR count). The van der Waals surface area contributed by atoms with Crippen LogP contribution in [-0.2, 0) is 0 Å². The second kappa shape index (κ2) is 5.39. The zero-order valence-electron chi connectivity index (χ0n) is 11.2. The number of nitrogens with zero attached hydrogens (tertiary/aromatic N) is 2. The minimum atomic E-state index is 0.464. The predicted molar refractivity (Wildman–Crippen MR) is 69.6 cm³/mol. The van der Waals surface area contributed by atoms with Crippen LogP contribution in [0.2, 0.25) is 0 Å². The zero-order chi connectivity index (χ0) is 12.4. The molecule has 0 bridgehead atoms. The van der Waals surface area contributed by atoms with E-state index in [0.717, 1.165) is 31.1 Å². The number of aromatic nitrogens is 2. The second-order valence-corrected chi connectivity index (χ2v) is 5.90. The summed E-state index contributed by atoms with van der Waals surface area (Å²) < 4.78 is 5.52. The molecule has 2 fully saturated rings. The molecule has 100 valence electrons. The first-order valence-corrected chi connectivity index (χ1v) is 7.40. The van der Waals surface area contributed by atoms with Crippen molar-refractivity contribution in [2.45, 2.75) is 69.7 Å². The molecule has 1 aliphatic heterocycles. The highest BCUT2D eigenvalue weighted by Crippen LogP contribution is 2.33. The van der Waals surface area contributed by atoms with Gasteiger partial charge >= 0.3 is 0 Å². The Hall–Kier alpha value is -0.900. The number of piperidine rings is 1. The fourth-order valence-corrected chi connectivity index (χ4v) is 3.30. The van der Waals surface area contributed by atoms with E-state index >= 15 is 0 Å². The molecular formula is C14H23N3O. The van der Waals surface area contributed by atoms with Gasteiger partial charge in [0.15, 0.2) is 5.82 Å². The van der Waals surface area contributed by atoms with Crippen LogP contribution in [0.4, 0.5) is 0 Å². The van der Waals surface area contributed by atoms with Gasteiger partial charge in [0, 0.05) is 17.9 Å². The molecule has 2 heterocycles. The van der Waals surface area contributed by atoms with Crippen LogP contribution in [0, 0.1) is 0 Å². The predicted octanol–water partition coefficient (Wildman–Crippen LogP) is 2.97. The molecule has 0 amide bonds. The summed E-state index contributed by atoms with van der Waals surface area (Å²) in [4.78, 5) is 4.69. The van der Waals surface area contributed by atoms with E-state index in [9.17, 15) is 0 Å². The maximum Gasteiger partial charge on any atom is 0.229 e. The van der Waals surface area contributed by atoms with E-state index in [2.05, 4.69) is 22.4 Å². The third-order valence-corrected chi connectivity index (χ3v) is 4.40. The summed E-state index contributed by atoms with van der Waals surface area (Å²) in [7, 11) is 0. The van der Waals surface area contributed by atoms with Gasteiger partial charge in [-0.15, -0.1) is 0 Å². The summed E-state index contributed by atoms with van der Waals surface area (Å²) in [5.41, 5.74) is 0. The summed E-state index contributed by atoms with van der Waals surface area (Å²) in [6.45, 7) is 3.29. The Labute approximate surface area is 109 Å². The fraction of sp³-hybridized carbons (Fsp3) is 0.857. The van der Waals surface area contributed by atoms with Crippen molar-refractivity contribution in [3.05, 3.63) is 11.7 Å². The van der Waals surface area contributed by atoms with E-state index in [1.54, 1.807) is 0 Å². The molecule has 0 radical (unpaired) electrons. The molecule has 1 saturated carbocycles. The van der Waals surface area contributed by atoms with Gasteiger partial charge in [-0.05, 0) is 39.2 Å². The van der Waals surface area contributed by atoms with Gasteiger partial charge < -0.3 is 9.84 Å². The highest BCUT2D eigenvalue weighted by Gasteiger charge is 2.27. The van der Waals surface area contributed by atoms with E-state index in [0.29, 0.717) is 17.9 Å². The quantitative estimate of drug-likeness (QED) is 0.875. The molecule has 2 aliphatic rings. The Balaban J connectivity index is 1.68. The lowest BCUT2D eigenvalue weighted by atomic mass is 9.88. The van der Waals surface area contributed by atoms with Crippen LogP contribution >= 0.6 is 0 Å². The van der Waals surface area contributed by atoms with Gasteiger partial charge in [0.25, 0.3) is 0 Å². The number of nitrogens with one attached hydrogen (secondary N) is 1. The Morgan fingerprint density at radius 2 is 1.94 bits per heavy atom. The second-order valence-electron chi connectivity index (χ2n) is 5.90. The summed E-state index contributed by atoms with van der Waals surface area (Å²) in [6, 6.07) is 0.564. The molecule has 1 aromatic rings. The Kier molecular flexibility index (Phi) is 3.64. The monoisotopic (exact) mass is 249 g/mol. The SMILES string of the molecule is C[C@H]1C[C@@H](c2nc(C3CCCCC3)no2)CCN1. The zero-order valence-corrected chi connectivity index (χ0v) is 11.2. The van der Waals surface area contributed by atoms with Gasteiger partial charge in [-0.2, -0.15) is 4.98 Å². The van der Waals surface area contributed by atoms with E-state index in [4.69, 9.17) is 4.52 Å². The molecule has 1 aromatic heterocycles. The van der Waals surface area contributed by atoms with Crippen molar-refractivity contribution in [2.75, 3.05) is 6.54 Å². The van der Waals surface area contributed by atoms with Gasteiger partial charge in [0.2, 0.25) is 5.89 Å². The van der Waals surface area contributed by atoms with Crippen LogP contribution in [0.1, 0.15) is 75.4 Å². The molecule has 4 heteroatoms. The van der Waals surface area contributed by atoms with E-state index < -0.39 is 0 Å². The first kappa shape index (κ1) is 12.2. The van der Waals surface area contributed by atoms with Crippen molar-refractivity contribution >= 4 is 0 Å². The molecule has 4 nitrogen and oxygen atoms in total. The number of hydrogen-bond donors (Lipinski definition) is 1. The molecule has 1 saturated heterocycles. The Morgan fingerprint density at radius 1 is 1.11 bits per heavy atom. The summed E-state index contributed by atoms with van der Waals surface area (Å²) in [5, 5.41) is 7.70. The minimum Gasteiger partial charge on any atom is -0.339 e. The lowest BCUT2D eigenvalue weighted by Gasteiger charge is -2.25.